The topological polar surface area (TPSA) is 47.0 Å². The first-order chi connectivity index (χ1) is 21.1. The van der Waals surface area contributed by atoms with Crippen molar-refractivity contribution >= 4 is 26.3 Å². The molecule has 0 radical (unpaired) electrons. The molecule has 1 atom stereocenters. The smallest absolute Gasteiger partial charge is 0.255 e. The van der Waals surface area contributed by atoms with Crippen molar-refractivity contribution in [2.24, 2.45) is 5.92 Å². The average Bonchev–Trinajstić information content (AvgIpc) is 2.99. The summed E-state index contributed by atoms with van der Waals surface area (Å²) in [4.78, 5) is 4.22. The van der Waals surface area contributed by atoms with Crippen LogP contribution in [0.1, 0.15) is 60.1 Å². The van der Waals surface area contributed by atoms with E-state index in [9.17, 15) is 34.8 Å². The van der Waals surface area contributed by atoms with Crippen LogP contribution >= 0.6 is 0 Å². The minimum Gasteiger partial charge on any atom is -0.255 e. The Kier molecular flexibility index (Phi) is 8.74. The van der Waals surface area contributed by atoms with Crippen LogP contribution < -0.4 is 0 Å². The number of alkyl halides is 6. The summed E-state index contributed by atoms with van der Waals surface area (Å²) < 4.78 is 111. The number of halogens is 6. The Morgan fingerprint density at radius 1 is 0.889 bits per heavy atom. The molecule has 1 heterocycles. The lowest BCUT2D eigenvalue weighted by Gasteiger charge is -2.37. The number of hydrogen-bond donors (Lipinski definition) is 0. The molecular formula is C35H31F6NO2S. The van der Waals surface area contributed by atoms with Gasteiger partial charge in [0.05, 0.1) is 22.4 Å². The highest BCUT2D eigenvalue weighted by Crippen LogP contribution is 2.49. The molecule has 1 aromatic heterocycles. The highest BCUT2D eigenvalue weighted by atomic mass is 32.2. The number of nitrogens with zero attached hydrogens (tertiary/aromatic N) is 1. The maximum Gasteiger partial charge on any atom is 0.418 e. The van der Waals surface area contributed by atoms with E-state index < -0.39 is 38.1 Å². The lowest BCUT2D eigenvalue weighted by molar-refractivity contribution is -0.138. The van der Waals surface area contributed by atoms with Gasteiger partial charge < -0.3 is 0 Å². The van der Waals surface area contributed by atoms with Gasteiger partial charge in [-0.25, -0.2) is 8.42 Å². The maximum atomic E-state index is 14.6. The molecule has 45 heavy (non-hydrogen) atoms. The Morgan fingerprint density at radius 2 is 1.60 bits per heavy atom. The van der Waals surface area contributed by atoms with Crippen LogP contribution in [0.2, 0.25) is 0 Å². The van der Waals surface area contributed by atoms with Gasteiger partial charge in [0, 0.05) is 18.0 Å². The van der Waals surface area contributed by atoms with Crippen LogP contribution in [0.25, 0.3) is 16.5 Å². The standard InChI is InChI=1S/C35H31F6NO2S/c1-23(2)16-18-45(43,44)33(17-8-12-26(21-33)25-11-6-13-28(20-25)34(36,37)38)31-27(19-24-9-4-3-5-10-24)22-42-32-29(31)14-7-15-30(32)35(39,40)41/h3-15,17,20,22-23H,16,18-19,21H2,1-2H3. The third-order valence-corrected chi connectivity index (χ3v) is 10.5. The van der Waals surface area contributed by atoms with Crippen molar-refractivity contribution in [3.63, 3.8) is 0 Å². The van der Waals surface area contributed by atoms with Crippen molar-refractivity contribution in [3.05, 3.63) is 131 Å². The van der Waals surface area contributed by atoms with Crippen LogP contribution in [0.15, 0.2) is 97.2 Å². The van der Waals surface area contributed by atoms with Crippen LogP contribution in [-0.4, -0.2) is 19.2 Å². The van der Waals surface area contributed by atoms with Crippen molar-refractivity contribution in [2.45, 2.75) is 50.2 Å². The predicted molar refractivity (Wildman–Crippen MR) is 164 cm³/mol. The molecule has 10 heteroatoms. The normalized spacial score (nSPS) is 17.6. The Balaban J connectivity index is 1.82. The van der Waals surface area contributed by atoms with Crippen LogP contribution in [-0.2, 0) is 33.4 Å². The quantitative estimate of drug-likeness (QED) is 0.180. The first-order valence-corrected chi connectivity index (χ1v) is 16.1. The molecule has 1 aliphatic carbocycles. The second-order valence-electron chi connectivity index (χ2n) is 11.7. The first-order valence-electron chi connectivity index (χ1n) is 14.4. The lowest BCUT2D eigenvalue weighted by Crippen LogP contribution is -2.39. The van der Waals surface area contributed by atoms with Crippen molar-refractivity contribution in [1.82, 2.24) is 4.98 Å². The molecule has 0 fully saturated rings. The predicted octanol–water partition coefficient (Wildman–Crippen LogP) is 9.56. The summed E-state index contributed by atoms with van der Waals surface area (Å²) in [7, 11) is -4.19. The number of pyridine rings is 1. The van der Waals surface area contributed by atoms with Gasteiger partial charge in [0.2, 0.25) is 0 Å². The summed E-state index contributed by atoms with van der Waals surface area (Å²) in [5, 5.41) is 0.0290. The number of allylic oxidation sites excluding steroid dienone is 3. The number of rotatable bonds is 8. The van der Waals surface area contributed by atoms with Crippen LogP contribution in [0.5, 0.6) is 0 Å². The van der Waals surface area contributed by atoms with Crippen LogP contribution in [0.4, 0.5) is 26.3 Å². The van der Waals surface area contributed by atoms with Gasteiger partial charge in [0.1, 0.15) is 4.75 Å². The van der Waals surface area contributed by atoms with Crippen molar-refractivity contribution in [2.75, 3.05) is 5.75 Å². The van der Waals surface area contributed by atoms with Gasteiger partial charge in [-0.2, -0.15) is 26.3 Å². The summed E-state index contributed by atoms with van der Waals surface area (Å²) in [6.45, 7) is 3.73. The highest BCUT2D eigenvalue weighted by molar-refractivity contribution is 7.92. The molecule has 1 aliphatic rings. The largest absolute Gasteiger partial charge is 0.418 e. The van der Waals surface area contributed by atoms with E-state index in [1.165, 1.54) is 42.6 Å². The van der Waals surface area contributed by atoms with Crippen molar-refractivity contribution in [3.8, 4) is 0 Å². The molecule has 0 aliphatic heterocycles. The second kappa shape index (κ2) is 12.1. The minimum absolute atomic E-state index is 0.00215. The Morgan fingerprint density at radius 3 is 2.27 bits per heavy atom. The number of benzene rings is 3. The van der Waals surface area contributed by atoms with E-state index in [2.05, 4.69) is 4.98 Å². The monoisotopic (exact) mass is 643 g/mol. The van der Waals surface area contributed by atoms with Gasteiger partial charge in [-0.05, 0) is 64.8 Å². The Labute approximate surface area is 258 Å². The van der Waals surface area contributed by atoms with Crippen LogP contribution in [0.3, 0.4) is 0 Å². The number of hydrogen-bond acceptors (Lipinski definition) is 3. The molecule has 5 rings (SSSR count). The molecule has 0 saturated heterocycles. The number of sulfone groups is 1. The van der Waals surface area contributed by atoms with E-state index in [4.69, 9.17) is 0 Å². The van der Waals surface area contributed by atoms with E-state index in [0.29, 0.717) is 11.1 Å². The van der Waals surface area contributed by atoms with Crippen molar-refractivity contribution in [1.29, 1.82) is 0 Å². The zero-order valence-electron chi connectivity index (χ0n) is 24.6. The van der Waals surface area contributed by atoms with Gasteiger partial charge in [0.25, 0.3) is 0 Å². The molecule has 0 bridgehead atoms. The van der Waals surface area contributed by atoms with Gasteiger partial charge in [-0.1, -0.05) is 86.7 Å². The third kappa shape index (κ3) is 6.57. The maximum absolute atomic E-state index is 14.6. The molecule has 4 aromatic rings. The summed E-state index contributed by atoms with van der Waals surface area (Å²) in [6.07, 6.45) is -3.38. The highest BCUT2D eigenvalue weighted by Gasteiger charge is 2.48. The Bertz CT molecular complexity index is 1880. The van der Waals surface area contributed by atoms with E-state index >= 15 is 0 Å². The lowest BCUT2D eigenvalue weighted by atomic mass is 9.80. The average molecular weight is 644 g/mol. The molecule has 0 amide bonds. The molecule has 0 spiro atoms. The molecule has 3 nitrogen and oxygen atoms in total. The van der Waals surface area contributed by atoms with Gasteiger partial charge in [-0.3, -0.25) is 4.98 Å². The third-order valence-electron chi connectivity index (χ3n) is 8.14. The summed E-state index contributed by atoms with van der Waals surface area (Å²) in [6, 6.07) is 17.3. The van der Waals surface area contributed by atoms with Gasteiger partial charge in [0.15, 0.2) is 9.84 Å². The summed E-state index contributed by atoms with van der Waals surface area (Å²) in [5.74, 6) is -0.281. The van der Waals surface area contributed by atoms with Gasteiger partial charge in [-0.15, -0.1) is 0 Å². The van der Waals surface area contributed by atoms with Crippen molar-refractivity contribution < 1.29 is 34.8 Å². The SMILES string of the molecule is CC(C)CCS(=O)(=O)C1(c2c(Cc3ccccc3)cnc3c(C(F)(F)F)cccc23)C=CC=C(c2cccc(C(F)(F)F)c2)C1. The van der Waals surface area contributed by atoms with Gasteiger partial charge >= 0.3 is 12.4 Å². The van der Waals surface area contributed by atoms with Crippen LogP contribution in [0, 0.1) is 5.92 Å². The molecule has 0 saturated carbocycles. The number of aromatic nitrogens is 1. The molecule has 1 unspecified atom stereocenters. The molecule has 236 valence electrons. The molecular weight excluding hydrogens is 612 g/mol. The minimum atomic E-state index is -4.76. The molecule has 3 aromatic carbocycles. The number of para-hydroxylation sites is 1. The fraction of sp³-hybridized carbons (Fsp3) is 0.286. The fourth-order valence-electron chi connectivity index (χ4n) is 5.87. The van der Waals surface area contributed by atoms with E-state index in [-0.39, 0.29) is 53.0 Å². The zero-order valence-corrected chi connectivity index (χ0v) is 25.4. The van der Waals surface area contributed by atoms with E-state index in [0.717, 1.165) is 23.8 Å². The fourth-order valence-corrected chi connectivity index (χ4v) is 8.23. The van der Waals surface area contributed by atoms with E-state index in [1.54, 1.807) is 18.2 Å². The Hall–Kier alpha value is -3.92. The van der Waals surface area contributed by atoms with E-state index in [1.807, 2.05) is 32.0 Å². The second-order valence-corrected chi connectivity index (χ2v) is 14.1. The molecule has 0 N–H and O–H groups in total. The number of fused-ring (bicyclic) bond motifs is 1. The summed E-state index contributed by atoms with van der Waals surface area (Å²) >= 11 is 0. The first kappa shape index (κ1) is 32.5. The summed E-state index contributed by atoms with van der Waals surface area (Å²) in [5.41, 5.74) is -0.436. The zero-order chi connectivity index (χ0) is 32.6.